The Balaban J connectivity index is 1.69. The Morgan fingerprint density at radius 2 is 2.00 bits per heavy atom. The van der Waals surface area contributed by atoms with E-state index >= 15 is 0 Å². The van der Waals surface area contributed by atoms with Crippen LogP contribution in [0.4, 0.5) is 5.69 Å². The molecule has 1 fully saturated rings. The Hall–Kier alpha value is -3.13. The number of nitrogens with zero attached hydrogens (tertiary/aromatic N) is 3. The fraction of sp³-hybridized carbons (Fsp3) is 0.286. The lowest BCUT2D eigenvalue weighted by Gasteiger charge is -2.39. The first kappa shape index (κ1) is 16.3. The second-order valence-electron chi connectivity index (χ2n) is 6.99. The molecule has 2 aliphatic rings. The molecular weight excluding hydrogens is 326 g/mol. The van der Waals surface area contributed by atoms with Crippen molar-refractivity contribution < 1.29 is 9.59 Å². The van der Waals surface area contributed by atoms with Crippen LogP contribution in [0.1, 0.15) is 34.3 Å². The van der Waals surface area contributed by atoms with Gasteiger partial charge in [0.15, 0.2) is 0 Å². The third-order valence-corrected chi connectivity index (χ3v) is 5.51. The van der Waals surface area contributed by atoms with Crippen molar-refractivity contribution in [1.82, 2.24) is 4.90 Å². The van der Waals surface area contributed by atoms with E-state index in [4.69, 9.17) is 5.26 Å². The van der Waals surface area contributed by atoms with Crippen LogP contribution in [0.2, 0.25) is 0 Å². The van der Waals surface area contributed by atoms with Gasteiger partial charge in [0, 0.05) is 31.4 Å². The summed E-state index contributed by atoms with van der Waals surface area (Å²) in [6.07, 6.45) is 1.52. The lowest BCUT2D eigenvalue weighted by molar-refractivity contribution is -0.124. The van der Waals surface area contributed by atoms with Crippen LogP contribution in [0.3, 0.4) is 0 Å². The predicted octanol–water partition coefficient (Wildman–Crippen LogP) is 2.71. The number of amides is 2. The molecule has 0 radical (unpaired) electrons. The van der Waals surface area contributed by atoms with Crippen LogP contribution >= 0.6 is 0 Å². The summed E-state index contributed by atoms with van der Waals surface area (Å²) in [5, 5.41) is 9.07. The minimum Gasteiger partial charge on any atom is -0.337 e. The molecule has 0 aliphatic carbocycles. The van der Waals surface area contributed by atoms with Crippen molar-refractivity contribution in [2.75, 3.05) is 25.0 Å². The zero-order valence-corrected chi connectivity index (χ0v) is 14.6. The van der Waals surface area contributed by atoms with Crippen molar-refractivity contribution in [2.24, 2.45) is 0 Å². The minimum atomic E-state index is -0.661. The molecule has 2 amide bonds. The van der Waals surface area contributed by atoms with Gasteiger partial charge in [-0.1, -0.05) is 24.3 Å². The molecule has 0 unspecified atom stereocenters. The van der Waals surface area contributed by atoms with Crippen LogP contribution in [0, 0.1) is 11.3 Å². The molecule has 1 atom stereocenters. The second kappa shape index (κ2) is 5.99. The van der Waals surface area contributed by atoms with Gasteiger partial charge in [0.25, 0.3) is 5.91 Å². The molecule has 5 nitrogen and oxygen atoms in total. The zero-order chi connectivity index (χ0) is 18.3. The maximum Gasteiger partial charge on any atom is 0.253 e. The van der Waals surface area contributed by atoms with E-state index in [1.54, 1.807) is 41.1 Å². The topological polar surface area (TPSA) is 64.4 Å². The van der Waals surface area contributed by atoms with E-state index in [0.717, 1.165) is 24.1 Å². The van der Waals surface area contributed by atoms with Gasteiger partial charge < -0.3 is 9.80 Å². The Kier molecular flexibility index (Phi) is 3.77. The van der Waals surface area contributed by atoms with Gasteiger partial charge in [-0.2, -0.15) is 5.26 Å². The number of anilines is 1. The normalized spacial score (nSPS) is 21.6. The van der Waals surface area contributed by atoms with Crippen LogP contribution in [-0.4, -0.2) is 36.9 Å². The number of hydrogen-bond donors (Lipinski definition) is 0. The summed E-state index contributed by atoms with van der Waals surface area (Å²) in [5.74, 6) is -0.0667. The molecular formula is C21H19N3O2. The molecule has 1 spiro atoms. The number of likely N-dealkylation sites (tertiary alicyclic amines) is 1. The molecule has 5 heteroatoms. The summed E-state index contributed by atoms with van der Waals surface area (Å²) in [6, 6.07) is 16.6. The third-order valence-electron chi connectivity index (χ3n) is 5.51. The van der Waals surface area contributed by atoms with Gasteiger partial charge in [-0.3, -0.25) is 9.59 Å². The van der Waals surface area contributed by atoms with Gasteiger partial charge in [0.2, 0.25) is 5.91 Å². The third kappa shape index (κ3) is 2.30. The van der Waals surface area contributed by atoms with E-state index in [2.05, 4.69) is 6.07 Å². The van der Waals surface area contributed by atoms with Crippen molar-refractivity contribution in [3.05, 3.63) is 65.2 Å². The first-order valence-electron chi connectivity index (χ1n) is 8.74. The Labute approximate surface area is 152 Å². The first-order valence-corrected chi connectivity index (χ1v) is 8.74. The van der Waals surface area contributed by atoms with Crippen LogP contribution in [0.25, 0.3) is 0 Å². The van der Waals surface area contributed by atoms with Gasteiger partial charge in [-0.25, -0.2) is 0 Å². The van der Waals surface area contributed by atoms with Crippen molar-refractivity contribution in [3.63, 3.8) is 0 Å². The largest absolute Gasteiger partial charge is 0.337 e. The maximum atomic E-state index is 13.1. The second-order valence-corrected chi connectivity index (χ2v) is 6.99. The summed E-state index contributed by atoms with van der Waals surface area (Å²) in [4.78, 5) is 29.6. The molecule has 2 aromatic rings. The van der Waals surface area contributed by atoms with E-state index in [1.165, 1.54) is 0 Å². The molecule has 26 heavy (non-hydrogen) atoms. The van der Waals surface area contributed by atoms with Crippen LogP contribution in [-0.2, 0) is 10.2 Å². The molecule has 0 aromatic heterocycles. The van der Waals surface area contributed by atoms with Crippen molar-refractivity contribution in [2.45, 2.75) is 18.3 Å². The van der Waals surface area contributed by atoms with Crippen molar-refractivity contribution >= 4 is 17.5 Å². The quantitative estimate of drug-likeness (QED) is 0.798. The Morgan fingerprint density at radius 1 is 1.19 bits per heavy atom. The lowest BCUT2D eigenvalue weighted by Crippen LogP contribution is -2.53. The fourth-order valence-electron chi connectivity index (χ4n) is 4.24. The van der Waals surface area contributed by atoms with Gasteiger partial charge in [-0.15, -0.1) is 0 Å². The van der Waals surface area contributed by atoms with E-state index < -0.39 is 5.41 Å². The summed E-state index contributed by atoms with van der Waals surface area (Å²) in [7, 11) is 1.80. The number of nitriles is 1. The van der Waals surface area contributed by atoms with Crippen LogP contribution < -0.4 is 4.90 Å². The molecule has 1 saturated heterocycles. The van der Waals surface area contributed by atoms with Crippen molar-refractivity contribution in [1.29, 1.82) is 5.26 Å². The number of likely N-dealkylation sites (N-methyl/N-ethyl adjacent to an activating group) is 1. The van der Waals surface area contributed by atoms with Crippen LogP contribution in [0.5, 0.6) is 0 Å². The van der Waals surface area contributed by atoms with Gasteiger partial charge in [0.1, 0.15) is 0 Å². The SMILES string of the molecule is CN1C(=O)[C@]2(CCCN(C(=O)c3cccc(C#N)c3)C2)c2ccccc21. The minimum absolute atomic E-state index is 0.0574. The monoisotopic (exact) mass is 345 g/mol. The highest BCUT2D eigenvalue weighted by molar-refractivity contribution is 6.08. The average Bonchev–Trinajstić information content (AvgIpc) is 2.90. The Bertz CT molecular complexity index is 946. The number of hydrogen-bond acceptors (Lipinski definition) is 3. The number of piperidine rings is 1. The summed E-state index contributed by atoms with van der Waals surface area (Å²) in [5.41, 5.74) is 2.23. The Morgan fingerprint density at radius 3 is 2.81 bits per heavy atom. The number of carbonyl (C=O) groups is 2. The molecule has 0 bridgehead atoms. The highest BCUT2D eigenvalue weighted by atomic mass is 16.2. The summed E-state index contributed by atoms with van der Waals surface area (Å²) < 4.78 is 0. The fourth-order valence-corrected chi connectivity index (χ4v) is 4.24. The molecule has 130 valence electrons. The van der Waals surface area contributed by atoms with Crippen molar-refractivity contribution in [3.8, 4) is 6.07 Å². The van der Waals surface area contributed by atoms with Gasteiger partial charge in [0.05, 0.1) is 17.0 Å². The van der Waals surface area contributed by atoms with E-state index in [0.29, 0.717) is 24.2 Å². The van der Waals surface area contributed by atoms with Gasteiger partial charge in [-0.05, 0) is 42.7 Å². The average molecular weight is 345 g/mol. The highest BCUT2D eigenvalue weighted by Gasteiger charge is 2.52. The summed E-state index contributed by atoms with van der Waals surface area (Å²) in [6.45, 7) is 0.999. The molecule has 2 heterocycles. The van der Waals surface area contributed by atoms with Crippen LogP contribution in [0.15, 0.2) is 48.5 Å². The smallest absolute Gasteiger partial charge is 0.253 e. The number of para-hydroxylation sites is 1. The predicted molar refractivity (Wildman–Crippen MR) is 97.8 cm³/mol. The molecule has 0 saturated carbocycles. The number of fused-ring (bicyclic) bond motifs is 2. The first-order chi connectivity index (χ1) is 12.6. The molecule has 0 N–H and O–H groups in total. The van der Waals surface area contributed by atoms with E-state index in [9.17, 15) is 9.59 Å². The van der Waals surface area contributed by atoms with Gasteiger partial charge >= 0.3 is 0 Å². The van der Waals surface area contributed by atoms with E-state index in [1.807, 2.05) is 24.3 Å². The summed E-state index contributed by atoms with van der Waals surface area (Å²) >= 11 is 0. The molecule has 2 aliphatic heterocycles. The molecule has 2 aromatic carbocycles. The highest BCUT2D eigenvalue weighted by Crippen LogP contribution is 2.46. The maximum absolute atomic E-state index is 13.1. The number of benzene rings is 2. The zero-order valence-electron chi connectivity index (χ0n) is 14.6. The molecule has 4 rings (SSSR count). The number of rotatable bonds is 1. The standard InChI is InChI=1S/C21H19N3O2/c1-23-18-9-3-2-8-17(18)21(20(23)26)10-5-11-24(14-21)19(25)16-7-4-6-15(12-16)13-22/h2-4,6-9,12H,5,10-11,14H2,1H3/t21-/m0/s1. The number of carbonyl (C=O) groups excluding carboxylic acids is 2. The lowest BCUT2D eigenvalue weighted by atomic mass is 9.75. The van der Waals surface area contributed by atoms with E-state index in [-0.39, 0.29) is 11.8 Å².